The van der Waals surface area contributed by atoms with Gasteiger partial charge in [0.1, 0.15) is 12.4 Å². The Hall–Kier alpha value is -3.14. The Bertz CT molecular complexity index is 976. The number of imidazole rings is 1. The molecule has 0 saturated carbocycles. The average Bonchev–Trinajstić information content (AvgIpc) is 3.13. The zero-order chi connectivity index (χ0) is 16.0. The molecule has 2 aromatic carbocycles. The van der Waals surface area contributed by atoms with E-state index in [2.05, 4.69) is 4.98 Å². The summed E-state index contributed by atoms with van der Waals surface area (Å²) in [5.41, 5.74) is 1.64. The number of nitriles is 1. The van der Waals surface area contributed by atoms with E-state index < -0.39 is 11.6 Å². The maximum absolute atomic E-state index is 13.5. The highest BCUT2D eigenvalue weighted by atomic mass is 19.2. The highest BCUT2D eigenvalue weighted by Crippen LogP contribution is 2.37. The van der Waals surface area contributed by atoms with Crippen molar-refractivity contribution in [2.75, 3.05) is 6.79 Å². The molecule has 0 unspecified atom stereocenters. The van der Waals surface area contributed by atoms with Gasteiger partial charge in [-0.1, -0.05) is 0 Å². The molecule has 114 valence electrons. The maximum Gasteiger partial charge on any atom is 0.231 e. The van der Waals surface area contributed by atoms with Gasteiger partial charge in [-0.25, -0.2) is 13.8 Å². The third kappa shape index (κ3) is 2.07. The third-order valence-corrected chi connectivity index (χ3v) is 3.65. The van der Waals surface area contributed by atoms with E-state index in [1.54, 1.807) is 16.7 Å². The number of halogens is 2. The standard InChI is InChI=1S/C16H9F2N3O2/c17-10-2-1-9(5-11(10)18)16-20-12-6-14-15(23-8-22-14)7-13(12)21(16)4-3-19/h1-2,5-7H,4,8H2. The normalized spacial score (nSPS) is 12.6. The van der Waals surface area contributed by atoms with Gasteiger partial charge in [-0.3, -0.25) is 0 Å². The van der Waals surface area contributed by atoms with Crippen LogP contribution >= 0.6 is 0 Å². The molecule has 4 rings (SSSR count). The molecule has 2 heterocycles. The Kier molecular flexibility index (Phi) is 2.91. The molecule has 0 aliphatic carbocycles. The van der Waals surface area contributed by atoms with Gasteiger partial charge in [0.25, 0.3) is 0 Å². The minimum atomic E-state index is -0.966. The Morgan fingerprint density at radius 1 is 1.13 bits per heavy atom. The predicted molar refractivity (Wildman–Crippen MR) is 76.8 cm³/mol. The molecule has 0 radical (unpaired) electrons. The molecule has 0 saturated heterocycles. The van der Waals surface area contributed by atoms with Gasteiger partial charge >= 0.3 is 0 Å². The van der Waals surface area contributed by atoms with Crippen LogP contribution in [0, 0.1) is 23.0 Å². The van der Waals surface area contributed by atoms with Crippen molar-refractivity contribution < 1.29 is 18.3 Å². The topological polar surface area (TPSA) is 60.1 Å². The summed E-state index contributed by atoms with van der Waals surface area (Å²) >= 11 is 0. The van der Waals surface area contributed by atoms with Gasteiger partial charge in [-0.05, 0) is 18.2 Å². The van der Waals surface area contributed by atoms with Crippen molar-refractivity contribution in [1.82, 2.24) is 9.55 Å². The molecule has 0 amide bonds. The van der Waals surface area contributed by atoms with Gasteiger partial charge in [0.05, 0.1) is 17.1 Å². The molecule has 23 heavy (non-hydrogen) atoms. The van der Waals surface area contributed by atoms with E-state index in [4.69, 9.17) is 14.7 Å². The number of rotatable bonds is 2. The van der Waals surface area contributed by atoms with Gasteiger partial charge in [0.2, 0.25) is 6.79 Å². The Balaban J connectivity index is 1.97. The monoisotopic (exact) mass is 313 g/mol. The lowest BCUT2D eigenvalue weighted by Crippen LogP contribution is -1.99. The average molecular weight is 313 g/mol. The summed E-state index contributed by atoms with van der Waals surface area (Å²) in [6.07, 6.45) is 0. The fourth-order valence-corrected chi connectivity index (χ4v) is 2.60. The summed E-state index contributed by atoms with van der Waals surface area (Å²) in [4.78, 5) is 4.44. The van der Waals surface area contributed by atoms with Crippen molar-refractivity contribution in [2.24, 2.45) is 0 Å². The number of nitrogens with zero attached hydrogens (tertiary/aromatic N) is 3. The molecule has 7 heteroatoms. The van der Waals surface area contributed by atoms with Crippen molar-refractivity contribution in [3.63, 3.8) is 0 Å². The van der Waals surface area contributed by atoms with Gasteiger partial charge < -0.3 is 14.0 Å². The van der Waals surface area contributed by atoms with Crippen molar-refractivity contribution in [3.05, 3.63) is 42.0 Å². The Morgan fingerprint density at radius 3 is 2.65 bits per heavy atom. The van der Waals surface area contributed by atoms with Crippen molar-refractivity contribution in [2.45, 2.75) is 6.54 Å². The molecular weight excluding hydrogens is 304 g/mol. The van der Waals surface area contributed by atoms with E-state index in [0.29, 0.717) is 33.9 Å². The van der Waals surface area contributed by atoms with Crippen LogP contribution in [0.4, 0.5) is 8.78 Å². The molecular formula is C16H9F2N3O2. The van der Waals surface area contributed by atoms with E-state index in [9.17, 15) is 8.78 Å². The maximum atomic E-state index is 13.5. The quantitative estimate of drug-likeness (QED) is 0.729. The first-order valence-electron chi connectivity index (χ1n) is 6.79. The number of fused-ring (bicyclic) bond motifs is 2. The molecule has 0 atom stereocenters. The van der Waals surface area contributed by atoms with Crippen LogP contribution in [0.15, 0.2) is 30.3 Å². The first-order valence-corrected chi connectivity index (χ1v) is 6.79. The lowest BCUT2D eigenvalue weighted by molar-refractivity contribution is 0.174. The second-order valence-electron chi connectivity index (χ2n) is 5.00. The second kappa shape index (κ2) is 4.95. The summed E-state index contributed by atoms with van der Waals surface area (Å²) in [7, 11) is 0. The molecule has 3 aromatic rings. The SMILES string of the molecule is N#CCn1c(-c2ccc(F)c(F)c2)nc2cc3c(cc21)OCO3. The van der Waals surface area contributed by atoms with Crippen molar-refractivity contribution in [3.8, 4) is 29.0 Å². The summed E-state index contributed by atoms with van der Waals surface area (Å²) in [5, 5.41) is 9.07. The summed E-state index contributed by atoms with van der Waals surface area (Å²) in [6.45, 7) is 0.153. The van der Waals surface area contributed by atoms with Crippen LogP contribution in [0.3, 0.4) is 0 Å². The molecule has 5 nitrogen and oxygen atoms in total. The van der Waals surface area contributed by atoms with E-state index in [0.717, 1.165) is 12.1 Å². The number of ether oxygens (including phenoxy) is 2. The van der Waals surface area contributed by atoms with E-state index in [1.807, 2.05) is 6.07 Å². The smallest absolute Gasteiger partial charge is 0.231 e. The van der Waals surface area contributed by atoms with Gasteiger partial charge in [-0.15, -0.1) is 0 Å². The number of hydrogen-bond donors (Lipinski definition) is 0. The van der Waals surface area contributed by atoms with E-state index in [1.165, 1.54) is 6.07 Å². The highest BCUT2D eigenvalue weighted by Gasteiger charge is 2.20. The van der Waals surface area contributed by atoms with Gasteiger partial charge in [0.15, 0.2) is 23.1 Å². The van der Waals surface area contributed by atoms with Crippen molar-refractivity contribution in [1.29, 1.82) is 5.26 Å². The zero-order valence-corrected chi connectivity index (χ0v) is 11.7. The van der Waals surface area contributed by atoms with Crippen LogP contribution in [0.5, 0.6) is 11.5 Å². The fourth-order valence-electron chi connectivity index (χ4n) is 2.60. The Labute approximate surface area is 129 Å². The van der Waals surface area contributed by atoms with Crippen LogP contribution in [-0.4, -0.2) is 16.3 Å². The molecule has 0 fully saturated rings. The minimum absolute atomic E-state index is 0.0183. The van der Waals surface area contributed by atoms with Crippen LogP contribution in [0.1, 0.15) is 0 Å². The van der Waals surface area contributed by atoms with E-state index in [-0.39, 0.29) is 13.3 Å². The number of hydrogen-bond acceptors (Lipinski definition) is 4. The minimum Gasteiger partial charge on any atom is -0.454 e. The highest BCUT2D eigenvalue weighted by molar-refractivity contribution is 5.84. The summed E-state index contributed by atoms with van der Waals surface area (Å²) < 4.78 is 38.9. The first-order chi connectivity index (χ1) is 11.2. The Morgan fingerprint density at radius 2 is 1.91 bits per heavy atom. The predicted octanol–water partition coefficient (Wildman–Crippen LogP) is 3.23. The van der Waals surface area contributed by atoms with Gasteiger partial charge in [-0.2, -0.15) is 5.26 Å². The largest absolute Gasteiger partial charge is 0.454 e. The van der Waals surface area contributed by atoms with Crippen LogP contribution in [-0.2, 0) is 6.54 Å². The number of aromatic nitrogens is 2. The van der Waals surface area contributed by atoms with E-state index >= 15 is 0 Å². The molecule has 1 aromatic heterocycles. The third-order valence-electron chi connectivity index (χ3n) is 3.65. The molecule has 0 N–H and O–H groups in total. The summed E-state index contributed by atoms with van der Waals surface area (Å²) in [6, 6.07) is 9.00. The number of benzene rings is 2. The van der Waals surface area contributed by atoms with Crippen molar-refractivity contribution >= 4 is 11.0 Å². The van der Waals surface area contributed by atoms with Crippen LogP contribution in [0.2, 0.25) is 0 Å². The summed E-state index contributed by atoms with van der Waals surface area (Å²) in [5.74, 6) is -0.391. The molecule has 1 aliphatic rings. The zero-order valence-electron chi connectivity index (χ0n) is 11.7. The van der Waals surface area contributed by atoms with Crippen LogP contribution < -0.4 is 9.47 Å². The van der Waals surface area contributed by atoms with Crippen LogP contribution in [0.25, 0.3) is 22.4 Å². The molecule has 0 spiro atoms. The lowest BCUT2D eigenvalue weighted by Gasteiger charge is -2.05. The lowest BCUT2D eigenvalue weighted by atomic mass is 10.2. The first kappa shape index (κ1) is 13.5. The molecule has 0 bridgehead atoms. The molecule has 1 aliphatic heterocycles. The second-order valence-corrected chi connectivity index (χ2v) is 5.00. The fraction of sp³-hybridized carbons (Fsp3) is 0.125. The van der Waals surface area contributed by atoms with Gasteiger partial charge in [0, 0.05) is 17.7 Å².